The zero-order valence-corrected chi connectivity index (χ0v) is 18.8. The first-order chi connectivity index (χ1) is 13.8. The lowest BCUT2D eigenvalue weighted by atomic mass is 10.1. The number of nitrogens with one attached hydrogen (secondary N) is 3. The van der Waals surface area contributed by atoms with Gasteiger partial charge in [-0.2, -0.15) is 0 Å². The molecule has 0 saturated carbocycles. The van der Waals surface area contributed by atoms with Crippen molar-refractivity contribution < 1.29 is 4.74 Å². The fourth-order valence-electron chi connectivity index (χ4n) is 3.33. The number of aliphatic imine (C=N–C) groups is 1. The van der Waals surface area contributed by atoms with E-state index in [1.807, 2.05) is 24.4 Å². The number of aromatic nitrogens is 2. The number of rotatable bonds is 6. The standard InChI is InChI=1S/C22H25N5O.HI/c1-23-22(24-11-9-16-7-8-20-18(13-16)10-12-28-20)26-15-21-25-14-19(27-21)17-5-3-2-4-6-17;/h2-8,13-14H,9-12,15H2,1H3,(H,25,27)(H2,23,24,26);1H. The van der Waals surface area contributed by atoms with Crippen LogP contribution in [0.25, 0.3) is 11.3 Å². The van der Waals surface area contributed by atoms with E-state index in [4.69, 9.17) is 4.74 Å². The van der Waals surface area contributed by atoms with Crippen LogP contribution in [0.4, 0.5) is 0 Å². The van der Waals surface area contributed by atoms with Crippen LogP contribution in [0.2, 0.25) is 0 Å². The number of imidazole rings is 1. The smallest absolute Gasteiger partial charge is 0.191 e. The number of fused-ring (bicyclic) bond motifs is 1. The predicted molar refractivity (Wildman–Crippen MR) is 127 cm³/mol. The lowest BCUT2D eigenvalue weighted by Gasteiger charge is -2.11. The van der Waals surface area contributed by atoms with E-state index in [0.29, 0.717) is 6.54 Å². The number of benzene rings is 2. The summed E-state index contributed by atoms with van der Waals surface area (Å²) in [5.41, 5.74) is 4.77. The Morgan fingerprint density at radius 3 is 2.86 bits per heavy atom. The van der Waals surface area contributed by atoms with Gasteiger partial charge in [0.2, 0.25) is 0 Å². The summed E-state index contributed by atoms with van der Waals surface area (Å²) < 4.78 is 5.56. The highest BCUT2D eigenvalue weighted by atomic mass is 127. The molecule has 0 atom stereocenters. The Morgan fingerprint density at radius 1 is 1.17 bits per heavy atom. The summed E-state index contributed by atoms with van der Waals surface area (Å²) in [6.45, 7) is 2.20. The second-order valence-corrected chi connectivity index (χ2v) is 6.75. The second kappa shape index (κ2) is 10.3. The zero-order chi connectivity index (χ0) is 19.2. The number of aromatic amines is 1. The van der Waals surface area contributed by atoms with Gasteiger partial charge in [0.15, 0.2) is 5.96 Å². The molecule has 29 heavy (non-hydrogen) atoms. The quantitative estimate of drug-likeness (QED) is 0.274. The van der Waals surface area contributed by atoms with Crippen LogP contribution in [0.5, 0.6) is 5.75 Å². The van der Waals surface area contributed by atoms with E-state index in [1.54, 1.807) is 7.05 Å². The first kappa shape index (κ1) is 21.2. The van der Waals surface area contributed by atoms with Crippen LogP contribution in [0.1, 0.15) is 17.0 Å². The molecule has 1 aliphatic heterocycles. The minimum atomic E-state index is 0. The summed E-state index contributed by atoms with van der Waals surface area (Å²) in [6.07, 6.45) is 3.81. The van der Waals surface area contributed by atoms with Crippen molar-refractivity contribution in [2.75, 3.05) is 20.2 Å². The highest BCUT2D eigenvalue weighted by molar-refractivity contribution is 14.0. The third-order valence-corrected chi connectivity index (χ3v) is 4.82. The Hall–Kier alpha value is -2.55. The number of hydrogen-bond donors (Lipinski definition) is 3. The van der Waals surface area contributed by atoms with Crippen LogP contribution < -0.4 is 15.4 Å². The molecule has 6 nitrogen and oxygen atoms in total. The van der Waals surface area contributed by atoms with Gasteiger partial charge < -0.3 is 20.4 Å². The molecule has 3 N–H and O–H groups in total. The van der Waals surface area contributed by atoms with Gasteiger partial charge in [0.25, 0.3) is 0 Å². The molecule has 0 radical (unpaired) electrons. The van der Waals surface area contributed by atoms with Crippen molar-refractivity contribution in [2.24, 2.45) is 4.99 Å². The predicted octanol–water partition coefficient (Wildman–Crippen LogP) is 3.54. The largest absolute Gasteiger partial charge is 0.493 e. The van der Waals surface area contributed by atoms with Gasteiger partial charge in [-0.15, -0.1) is 24.0 Å². The molecule has 0 aliphatic carbocycles. The van der Waals surface area contributed by atoms with E-state index in [-0.39, 0.29) is 24.0 Å². The summed E-state index contributed by atoms with van der Waals surface area (Å²) in [6, 6.07) is 16.6. The molecule has 152 valence electrons. The van der Waals surface area contributed by atoms with Gasteiger partial charge in [-0.3, -0.25) is 4.99 Å². The Kier molecular flexibility index (Phi) is 7.51. The Morgan fingerprint density at radius 2 is 2.03 bits per heavy atom. The van der Waals surface area contributed by atoms with Crippen LogP contribution in [0.3, 0.4) is 0 Å². The van der Waals surface area contributed by atoms with Crippen LogP contribution in [-0.4, -0.2) is 36.1 Å². The number of ether oxygens (including phenoxy) is 1. The fraction of sp³-hybridized carbons (Fsp3) is 0.273. The molecule has 0 saturated heterocycles. The molecule has 7 heteroatoms. The van der Waals surface area contributed by atoms with Crippen molar-refractivity contribution >= 4 is 29.9 Å². The molecule has 0 bridgehead atoms. The first-order valence-electron chi connectivity index (χ1n) is 9.60. The topological polar surface area (TPSA) is 74.3 Å². The van der Waals surface area contributed by atoms with E-state index in [2.05, 4.69) is 55.9 Å². The number of guanidine groups is 1. The van der Waals surface area contributed by atoms with E-state index < -0.39 is 0 Å². The maximum Gasteiger partial charge on any atom is 0.191 e. The van der Waals surface area contributed by atoms with E-state index in [1.165, 1.54) is 11.1 Å². The summed E-state index contributed by atoms with van der Waals surface area (Å²) in [7, 11) is 1.78. The summed E-state index contributed by atoms with van der Waals surface area (Å²) in [4.78, 5) is 12.1. The molecule has 0 fully saturated rings. The van der Waals surface area contributed by atoms with Crippen LogP contribution in [-0.2, 0) is 19.4 Å². The fourth-order valence-corrected chi connectivity index (χ4v) is 3.33. The third-order valence-electron chi connectivity index (χ3n) is 4.82. The van der Waals surface area contributed by atoms with Crippen molar-refractivity contribution in [1.29, 1.82) is 0 Å². The van der Waals surface area contributed by atoms with Crippen molar-refractivity contribution in [3.8, 4) is 17.0 Å². The summed E-state index contributed by atoms with van der Waals surface area (Å²) >= 11 is 0. The molecule has 4 rings (SSSR count). The number of nitrogens with zero attached hydrogens (tertiary/aromatic N) is 2. The van der Waals surface area contributed by atoms with E-state index in [0.717, 1.165) is 54.8 Å². The second-order valence-electron chi connectivity index (χ2n) is 6.75. The normalized spacial score (nSPS) is 12.7. The molecule has 1 aromatic heterocycles. The van der Waals surface area contributed by atoms with E-state index in [9.17, 15) is 0 Å². The van der Waals surface area contributed by atoms with Gasteiger partial charge >= 0.3 is 0 Å². The maximum atomic E-state index is 5.56. The van der Waals surface area contributed by atoms with Crippen LogP contribution in [0, 0.1) is 0 Å². The van der Waals surface area contributed by atoms with Gasteiger partial charge in [-0.1, -0.05) is 42.5 Å². The molecule has 0 amide bonds. The van der Waals surface area contributed by atoms with Crippen LogP contribution >= 0.6 is 24.0 Å². The molecule has 3 aromatic rings. The molecule has 2 aromatic carbocycles. The van der Waals surface area contributed by atoms with Gasteiger partial charge in [0.05, 0.1) is 25.0 Å². The van der Waals surface area contributed by atoms with Gasteiger partial charge in [-0.05, 0) is 29.2 Å². The van der Waals surface area contributed by atoms with Gasteiger partial charge in [-0.25, -0.2) is 4.98 Å². The Bertz CT molecular complexity index is 955. The summed E-state index contributed by atoms with van der Waals surface area (Å²) in [5.74, 6) is 2.67. The first-order valence-corrected chi connectivity index (χ1v) is 9.60. The van der Waals surface area contributed by atoms with Gasteiger partial charge in [0, 0.05) is 20.0 Å². The highest BCUT2D eigenvalue weighted by Gasteiger charge is 2.11. The molecule has 2 heterocycles. The zero-order valence-electron chi connectivity index (χ0n) is 16.4. The Balaban J connectivity index is 0.00000240. The van der Waals surface area contributed by atoms with Gasteiger partial charge in [0.1, 0.15) is 11.6 Å². The third kappa shape index (κ3) is 5.50. The molecule has 0 unspecified atom stereocenters. The lowest BCUT2D eigenvalue weighted by Crippen LogP contribution is -2.38. The van der Waals surface area contributed by atoms with E-state index >= 15 is 0 Å². The van der Waals surface area contributed by atoms with Crippen molar-refractivity contribution in [3.63, 3.8) is 0 Å². The average molecular weight is 503 g/mol. The maximum absolute atomic E-state index is 5.56. The number of halogens is 1. The van der Waals surface area contributed by atoms with Crippen molar-refractivity contribution in [2.45, 2.75) is 19.4 Å². The van der Waals surface area contributed by atoms with Crippen molar-refractivity contribution in [3.05, 3.63) is 71.7 Å². The minimum Gasteiger partial charge on any atom is -0.493 e. The average Bonchev–Trinajstić information content (AvgIpc) is 3.40. The Labute approximate surface area is 188 Å². The molecule has 0 spiro atoms. The monoisotopic (exact) mass is 503 g/mol. The SMILES string of the molecule is CN=C(NCCc1ccc2c(c1)CCO2)NCc1ncc(-c2ccccc2)[nH]1.I. The molecular formula is C22H26IN5O. The van der Waals surface area contributed by atoms with Crippen LogP contribution in [0.15, 0.2) is 59.7 Å². The highest BCUT2D eigenvalue weighted by Crippen LogP contribution is 2.25. The minimum absolute atomic E-state index is 0. The number of H-pyrrole nitrogens is 1. The van der Waals surface area contributed by atoms with Crippen molar-refractivity contribution in [1.82, 2.24) is 20.6 Å². The molecule has 1 aliphatic rings. The summed E-state index contributed by atoms with van der Waals surface area (Å²) in [5, 5.41) is 6.66. The number of hydrogen-bond acceptors (Lipinski definition) is 3. The lowest BCUT2D eigenvalue weighted by molar-refractivity contribution is 0.357. The molecular weight excluding hydrogens is 477 g/mol.